The van der Waals surface area contributed by atoms with Crippen molar-refractivity contribution in [2.24, 2.45) is 0 Å². The highest BCUT2D eigenvalue weighted by atomic mass is 16.9. The predicted molar refractivity (Wildman–Crippen MR) is 91.1 cm³/mol. The Morgan fingerprint density at radius 2 is 1.38 bits per heavy atom. The number of hydrogen-bond acceptors (Lipinski definition) is 15. The van der Waals surface area contributed by atoms with E-state index in [1.54, 1.807) is 0 Å². The summed E-state index contributed by atoms with van der Waals surface area (Å²) in [5, 5.41) is 119. The van der Waals surface area contributed by atoms with Gasteiger partial charge in [0.25, 0.3) is 23.1 Å². The first kappa shape index (κ1) is 24.5. The van der Waals surface area contributed by atoms with Crippen LogP contribution in [0.15, 0.2) is 18.2 Å². The fraction of sp³-hybridized carbons (Fsp3) is 0.562. The lowest BCUT2D eigenvalue weighted by molar-refractivity contribution is -0.452. The summed E-state index contributed by atoms with van der Waals surface area (Å²) in [5.41, 5.74) is 0.188. The summed E-state index contributed by atoms with van der Waals surface area (Å²) in [7, 11) is 0. The zero-order valence-corrected chi connectivity index (χ0v) is 15.8. The zero-order valence-electron chi connectivity index (χ0n) is 15.8. The van der Waals surface area contributed by atoms with E-state index in [-0.39, 0.29) is 24.4 Å². The molecule has 0 radical (unpaired) electrons. The monoisotopic (exact) mass is 467 g/mol. The van der Waals surface area contributed by atoms with Crippen LogP contribution in [0.1, 0.15) is 17.9 Å². The molecular formula is C16H21NO15. The topological polar surface area (TPSA) is 290 Å². The molecule has 16 heteroatoms. The predicted octanol–water partition coefficient (Wildman–Crippen LogP) is -6.94. The van der Waals surface area contributed by atoms with Crippen molar-refractivity contribution in [1.29, 1.82) is 0 Å². The maximum atomic E-state index is 11.5. The molecule has 1 aromatic carbocycles. The van der Waals surface area contributed by atoms with E-state index in [0.717, 1.165) is 12.1 Å². The number of aliphatic hydroxyl groups is 12. The van der Waals surface area contributed by atoms with Crippen LogP contribution in [0, 0.1) is 0 Å². The Morgan fingerprint density at radius 1 is 0.844 bits per heavy atom. The lowest BCUT2D eigenvalue weighted by Gasteiger charge is -2.39. The number of carbonyl (C=O) groups excluding carboxylic acids is 1. The smallest absolute Gasteiger partial charge is 0.448 e. The van der Waals surface area contributed by atoms with Crippen molar-refractivity contribution < 1.29 is 75.5 Å². The molecule has 32 heavy (non-hydrogen) atoms. The molecule has 2 fully saturated rings. The second-order valence-corrected chi connectivity index (χ2v) is 7.52. The molecule has 1 saturated carbocycles. The van der Waals surface area contributed by atoms with Gasteiger partial charge in [0.1, 0.15) is 0 Å². The van der Waals surface area contributed by atoms with Crippen LogP contribution >= 0.6 is 0 Å². The largest absolute Gasteiger partial charge is 0.453 e. The quantitative estimate of drug-likeness (QED) is 0.179. The van der Waals surface area contributed by atoms with Gasteiger partial charge < -0.3 is 76.1 Å². The van der Waals surface area contributed by atoms with E-state index in [2.05, 4.69) is 10.1 Å². The molecule has 2 aliphatic rings. The van der Waals surface area contributed by atoms with Crippen LogP contribution in [-0.2, 0) is 4.79 Å². The van der Waals surface area contributed by atoms with Gasteiger partial charge in [-0.25, -0.2) is 0 Å². The van der Waals surface area contributed by atoms with Crippen molar-refractivity contribution in [2.45, 2.75) is 47.4 Å². The van der Waals surface area contributed by atoms with E-state index in [9.17, 15) is 50.8 Å². The molecule has 1 aliphatic carbocycles. The van der Waals surface area contributed by atoms with E-state index < -0.39 is 52.5 Å². The lowest BCUT2D eigenvalue weighted by Crippen LogP contribution is -2.70. The van der Waals surface area contributed by atoms with E-state index in [1.165, 1.54) is 6.07 Å². The van der Waals surface area contributed by atoms with Gasteiger partial charge >= 0.3 is 11.9 Å². The Labute approximate surface area is 177 Å². The van der Waals surface area contributed by atoms with Crippen molar-refractivity contribution in [2.75, 3.05) is 6.54 Å². The lowest BCUT2D eigenvalue weighted by atomic mass is 9.97. The highest BCUT2D eigenvalue weighted by Gasteiger charge is 2.93. The SMILES string of the molecule is O=C1CC(c2ccc(OC(O)(O)O)c(OC3(O)C(O)(O)C(O)(O)C(O)(O)C3(O)O)c2)CN1. The minimum absolute atomic E-state index is 0.0471. The third kappa shape index (κ3) is 3.22. The average Bonchev–Trinajstić information content (AvgIpc) is 3.08. The van der Waals surface area contributed by atoms with Gasteiger partial charge in [0.15, 0.2) is 11.5 Å². The molecular weight excluding hydrogens is 446 g/mol. The van der Waals surface area contributed by atoms with Crippen molar-refractivity contribution in [3.63, 3.8) is 0 Å². The second-order valence-electron chi connectivity index (χ2n) is 7.52. The van der Waals surface area contributed by atoms with Gasteiger partial charge in [-0.2, -0.15) is 0 Å². The molecule has 1 aromatic rings. The van der Waals surface area contributed by atoms with Crippen LogP contribution < -0.4 is 14.8 Å². The van der Waals surface area contributed by atoms with Crippen LogP contribution in [-0.4, -0.2) is 109 Å². The number of hydrogen-bond donors (Lipinski definition) is 13. The van der Waals surface area contributed by atoms with Crippen LogP contribution in [0.25, 0.3) is 0 Å². The summed E-state index contributed by atoms with van der Waals surface area (Å²) < 4.78 is 9.06. The normalized spacial score (nSPS) is 27.1. The van der Waals surface area contributed by atoms with Crippen LogP contribution in [0.4, 0.5) is 0 Å². The van der Waals surface area contributed by atoms with Gasteiger partial charge in [-0.05, 0) is 17.7 Å². The third-order valence-electron chi connectivity index (χ3n) is 5.32. The molecule has 0 aromatic heterocycles. The third-order valence-corrected chi connectivity index (χ3v) is 5.32. The van der Waals surface area contributed by atoms with Gasteiger partial charge in [0.2, 0.25) is 5.91 Å². The maximum Gasteiger partial charge on any atom is 0.453 e. The van der Waals surface area contributed by atoms with E-state index in [1.807, 2.05) is 0 Å². The van der Waals surface area contributed by atoms with Gasteiger partial charge in [0, 0.05) is 18.9 Å². The summed E-state index contributed by atoms with van der Waals surface area (Å²) in [6, 6.07) is 2.92. The number of rotatable bonds is 5. The summed E-state index contributed by atoms with van der Waals surface area (Å²) >= 11 is 0. The molecule has 16 nitrogen and oxygen atoms in total. The summed E-state index contributed by atoms with van der Waals surface area (Å²) in [6.07, 6.45) is -3.92. The first-order chi connectivity index (χ1) is 14.3. The Kier molecular flexibility index (Phi) is 5.28. The Hall–Kier alpha value is -2.19. The van der Waals surface area contributed by atoms with E-state index in [4.69, 9.17) is 20.1 Å². The molecule has 180 valence electrons. The van der Waals surface area contributed by atoms with E-state index in [0.29, 0.717) is 0 Å². The van der Waals surface area contributed by atoms with Crippen molar-refractivity contribution in [3.05, 3.63) is 23.8 Å². The van der Waals surface area contributed by atoms with Crippen LogP contribution in [0.2, 0.25) is 0 Å². The van der Waals surface area contributed by atoms with Crippen LogP contribution in [0.5, 0.6) is 11.5 Å². The summed E-state index contributed by atoms with van der Waals surface area (Å²) in [6.45, 7) is 0.105. The fourth-order valence-electron chi connectivity index (χ4n) is 3.43. The molecule has 1 saturated heterocycles. The molecule has 1 aliphatic heterocycles. The maximum absolute atomic E-state index is 11.5. The molecule has 13 N–H and O–H groups in total. The first-order valence-electron chi connectivity index (χ1n) is 8.75. The highest BCUT2D eigenvalue weighted by Crippen LogP contribution is 2.55. The molecule has 1 heterocycles. The molecule has 0 bridgehead atoms. The fourth-order valence-corrected chi connectivity index (χ4v) is 3.43. The Bertz CT molecular complexity index is 893. The number of amides is 1. The molecule has 1 amide bonds. The number of carbonyl (C=O) groups is 1. The minimum Gasteiger partial charge on any atom is -0.448 e. The molecule has 3 rings (SSSR count). The Balaban J connectivity index is 2.14. The van der Waals surface area contributed by atoms with Crippen molar-refractivity contribution in [3.8, 4) is 11.5 Å². The zero-order chi connectivity index (χ0) is 24.5. The highest BCUT2D eigenvalue weighted by molar-refractivity contribution is 5.79. The first-order valence-corrected chi connectivity index (χ1v) is 8.75. The van der Waals surface area contributed by atoms with Gasteiger partial charge in [-0.1, -0.05) is 6.07 Å². The van der Waals surface area contributed by atoms with Crippen molar-refractivity contribution in [1.82, 2.24) is 5.32 Å². The number of benzene rings is 1. The molecule has 0 spiro atoms. The second kappa shape index (κ2) is 6.90. The number of nitrogens with one attached hydrogen (secondary N) is 1. The minimum atomic E-state index is -4.65. The summed E-state index contributed by atoms with van der Waals surface area (Å²) in [5.74, 6) is -25.9. The van der Waals surface area contributed by atoms with Crippen LogP contribution in [0.3, 0.4) is 0 Å². The van der Waals surface area contributed by atoms with E-state index >= 15 is 0 Å². The average molecular weight is 467 g/mol. The Morgan fingerprint density at radius 3 is 1.81 bits per heavy atom. The van der Waals surface area contributed by atoms with Gasteiger partial charge in [0.05, 0.1) is 0 Å². The van der Waals surface area contributed by atoms with Gasteiger partial charge in [-0.3, -0.25) is 4.79 Å². The number of ether oxygens (including phenoxy) is 2. The van der Waals surface area contributed by atoms with Crippen molar-refractivity contribution >= 4 is 5.91 Å². The summed E-state index contributed by atoms with van der Waals surface area (Å²) in [4.78, 5) is 11.5. The van der Waals surface area contributed by atoms with Gasteiger partial charge in [-0.15, -0.1) is 0 Å². The standard InChI is InChI=1S/C16H21NO15/c18-10-4-7(5-17-10)6-1-2-8(32-16(28,29)30)9(3-6)31-15(27)13(23,24)11(19,20)12(21,22)14(15,25)26/h1-3,7,19-30H,4-5H2,(H,17,18). The molecule has 1 atom stereocenters. The molecule has 1 unspecified atom stereocenters.